The van der Waals surface area contributed by atoms with Crippen molar-refractivity contribution in [3.8, 4) is 0 Å². The van der Waals surface area contributed by atoms with Crippen molar-refractivity contribution in [1.82, 2.24) is 24.9 Å². The number of rotatable bonds is 10. The topological polar surface area (TPSA) is 59.1 Å². The van der Waals surface area contributed by atoms with Crippen LogP contribution in [0.2, 0.25) is 0 Å². The van der Waals surface area contributed by atoms with E-state index in [0.717, 1.165) is 45.3 Å². The predicted octanol–water partition coefficient (Wildman–Crippen LogP) is 3.36. The van der Waals surface area contributed by atoms with Crippen LogP contribution in [-0.2, 0) is 10.3 Å². The van der Waals surface area contributed by atoms with Crippen molar-refractivity contribution in [2.45, 2.75) is 62.9 Å². The fraction of sp³-hybridized carbons (Fsp3) is 0.714. The molecule has 35 heavy (non-hydrogen) atoms. The fourth-order valence-electron chi connectivity index (χ4n) is 6.28. The Morgan fingerprint density at radius 2 is 1.77 bits per heavy atom. The summed E-state index contributed by atoms with van der Waals surface area (Å²) in [6, 6.07) is 10.9. The Labute approximate surface area is 211 Å². The Balaban J connectivity index is 1.47. The average molecular weight is 484 g/mol. The zero-order valence-corrected chi connectivity index (χ0v) is 22.3. The highest BCUT2D eigenvalue weighted by Gasteiger charge is 2.55. The standard InChI is InChI=1S/C28H45N5O2/c1-5-31(4)19-18-29-25(34)21-32-22-27(33(26(32)35)20-23-10-9-11-23)14-16-28(17-15-27,30(2)3)24-12-7-6-8-13-24/h6-8,12-13,23H,5,9-11,14-22H2,1-4H3,(H,29,34)/t27-,28+. The Bertz CT molecular complexity index is 861. The first-order valence-corrected chi connectivity index (χ1v) is 13.5. The molecule has 1 saturated heterocycles. The van der Waals surface area contributed by atoms with Crippen LogP contribution in [0, 0.1) is 5.92 Å². The smallest absolute Gasteiger partial charge is 0.321 e. The van der Waals surface area contributed by atoms with Gasteiger partial charge >= 0.3 is 6.03 Å². The molecular formula is C28H45N5O2. The van der Waals surface area contributed by atoms with E-state index in [-0.39, 0.29) is 29.6 Å². The van der Waals surface area contributed by atoms with Gasteiger partial charge in [-0.2, -0.15) is 0 Å². The lowest BCUT2D eigenvalue weighted by Gasteiger charge is -2.51. The molecule has 0 unspecified atom stereocenters. The van der Waals surface area contributed by atoms with Gasteiger partial charge < -0.3 is 20.0 Å². The van der Waals surface area contributed by atoms with Crippen molar-refractivity contribution in [3.05, 3.63) is 35.9 Å². The molecule has 3 amide bonds. The highest BCUT2D eigenvalue weighted by atomic mass is 16.2. The minimum Gasteiger partial charge on any atom is -0.353 e. The maximum Gasteiger partial charge on any atom is 0.321 e. The summed E-state index contributed by atoms with van der Waals surface area (Å²) in [5, 5.41) is 3.01. The lowest BCUT2D eigenvalue weighted by atomic mass is 9.68. The summed E-state index contributed by atoms with van der Waals surface area (Å²) in [6.07, 6.45) is 7.68. The number of urea groups is 1. The van der Waals surface area contributed by atoms with Gasteiger partial charge in [0.25, 0.3) is 0 Å². The number of nitrogens with one attached hydrogen (secondary N) is 1. The van der Waals surface area contributed by atoms with E-state index in [1.54, 1.807) is 0 Å². The van der Waals surface area contributed by atoms with Crippen molar-refractivity contribution < 1.29 is 9.59 Å². The van der Waals surface area contributed by atoms with Crippen molar-refractivity contribution in [2.24, 2.45) is 5.92 Å². The first-order valence-electron chi connectivity index (χ1n) is 13.5. The number of benzene rings is 1. The van der Waals surface area contributed by atoms with Gasteiger partial charge in [0.15, 0.2) is 0 Å². The van der Waals surface area contributed by atoms with Gasteiger partial charge in [-0.05, 0) is 77.7 Å². The highest BCUT2D eigenvalue weighted by molar-refractivity contribution is 5.86. The molecule has 7 nitrogen and oxygen atoms in total. The molecule has 4 rings (SSSR count). The third-order valence-corrected chi connectivity index (χ3v) is 9.09. The van der Waals surface area contributed by atoms with Gasteiger partial charge in [0, 0.05) is 31.7 Å². The zero-order chi connectivity index (χ0) is 25.1. The maximum atomic E-state index is 13.6. The van der Waals surface area contributed by atoms with E-state index in [1.165, 1.54) is 24.8 Å². The normalized spacial score (nSPS) is 27.2. The molecule has 0 bridgehead atoms. The van der Waals surface area contributed by atoms with E-state index in [4.69, 9.17) is 0 Å². The van der Waals surface area contributed by atoms with Gasteiger partial charge in [0.2, 0.25) is 5.91 Å². The van der Waals surface area contributed by atoms with Crippen LogP contribution in [0.15, 0.2) is 30.3 Å². The van der Waals surface area contributed by atoms with Crippen LogP contribution < -0.4 is 5.32 Å². The lowest BCUT2D eigenvalue weighted by Crippen LogP contribution is -2.56. The molecule has 1 N–H and O–H groups in total. The molecule has 3 fully saturated rings. The summed E-state index contributed by atoms with van der Waals surface area (Å²) in [4.78, 5) is 34.9. The third-order valence-electron chi connectivity index (χ3n) is 9.09. The van der Waals surface area contributed by atoms with E-state index >= 15 is 0 Å². The molecule has 0 radical (unpaired) electrons. The predicted molar refractivity (Wildman–Crippen MR) is 140 cm³/mol. The van der Waals surface area contributed by atoms with Gasteiger partial charge in [-0.1, -0.05) is 43.7 Å². The van der Waals surface area contributed by atoms with Crippen LogP contribution in [0.5, 0.6) is 0 Å². The summed E-state index contributed by atoms with van der Waals surface area (Å²) in [5.74, 6) is 0.565. The van der Waals surface area contributed by atoms with Crippen LogP contribution in [-0.4, -0.2) is 97.5 Å². The van der Waals surface area contributed by atoms with E-state index in [9.17, 15) is 9.59 Å². The largest absolute Gasteiger partial charge is 0.353 e. The second-order valence-electron chi connectivity index (χ2n) is 11.3. The molecule has 1 aromatic rings. The first-order chi connectivity index (χ1) is 16.8. The SMILES string of the molecule is CCN(C)CCNC(=O)CN1C[C@]2(CC[C@](c3ccccc3)(N(C)C)CC2)N(CC2CCC2)C1=O. The minimum absolute atomic E-state index is 0.00615. The van der Waals surface area contributed by atoms with E-state index in [2.05, 4.69) is 71.4 Å². The third kappa shape index (κ3) is 5.36. The molecule has 2 aliphatic carbocycles. The van der Waals surface area contributed by atoms with E-state index in [0.29, 0.717) is 19.0 Å². The molecule has 1 aliphatic heterocycles. The lowest BCUT2D eigenvalue weighted by molar-refractivity contribution is -0.121. The quantitative estimate of drug-likeness (QED) is 0.554. The maximum absolute atomic E-state index is 13.6. The van der Waals surface area contributed by atoms with Crippen LogP contribution in [0.3, 0.4) is 0 Å². The van der Waals surface area contributed by atoms with Gasteiger partial charge in [0.1, 0.15) is 6.54 Å². The summed E-state index contributed by atoms with van der Waals surface area (Å²) in [5.41, 5.74) is 1.19. The molecule has 0 aromatic heterocycles. The zero-order valence-electron chi connectivity index (χ0n) is 22.3. The second kappa shape index (κ2) is 10.9. The van der Waals surface area contributed by atoms with Crippen LogP contribution in [0.4, 0.5) is 4.79 Å². The van der Waals surface area contributed by atoms with Gasteiger partial charge in [-0.25, -0.2) is 4.79 Å². The number of carbonyl (C=O) groups excluding carboxylic acids is 2. The van der Waals surface area contributed by atoms with Gasteiger partial charge in [0.05, 0.1) is 5.54 Å². The summed E-state index contributed by atoms with van der Waals surface area (Å²) < 4.78 is 0. The molecule has 1 heterocycles. The van der Waals surface area contributed by atoms with Crippen LogP contribution in [0.1, 0.15) is 57.4 Å². The Morgan fingerprint density at radius 3 is 2.34 bits per heavy atom. The number of likely N-dealkylation sites (N-methyl/N-ethyl adjacent to an activating group) is 1. The van der Waals surface area contributed by atoms with Crippen LogP contribution >= 0.6 is 0 Å². The summed E-state index contributed by atoms with van der Waals surface area (Å²) in [6.45, 7) is 6.17. The molecule has 194 valence electrons. The monoisotopic (exact) mass is 483 g/mol. The minimum atomic E-state index is -0.163. The highest BCUT2D eigenvalue weighted by Crippen LogP contribution is 2.49. The van der Waals surface area contributed by atoms with Crippen molar-refractivity contribution in [1.29, 1.82) is 0 Å². The summed E-state index contributed by atoms with van der Waals surface area (Å²) in [7, 11) is 6.41. The van der Waals surface area contributed by atoms with Gasteiger partial charge in [-0.3, -0.25) is 9.69 Å². The number of hydrogen-bond donors (Lipinski definition) is 1. The van der Waals surface area contributed by atoms with Gasteiger partial charge in [-0.15, -0.1) is 0 Å². The molecule has 1 aromatic carbocycles. The summed E-state index contributed by atoms with van der Waals surface area (Å²) >= 11 is 0. The molecule has 0 atom stereocenters. The Morgan fingerprint density at radius 1 is 1.09 bits per heavy atom. The molecule has 3 aliphatic rings. The Hall–Kier alpha value is -2.12. The van der Waals surface area contributed by atoms with E-state index < -0.39 is 0 Å². The van der Waals surface area contributed by atoms with Crippen LogP contribution in [0.25, 0.3) is 0 Å². The number of nitrogens with zero attached hydrogens (tertiary/aromatic N) is 4. The molecule has 7 heteroatoms. The molecule has 2 saturated carbocycles. The first kappa shape index (κ1) is 26.0. The molecular weight excluding hydrogens is 438 g/mol. The van der Waals surface area contributed by atoms with Crippen molar-refractivity contribution >= 4 is 11.9 Å². The van der Waals surface area contributed by atoms with Crippen molar-refractivity contribution in [3.63, 3.8) is 0 Å². The molecule has 1 spiro atoms. The number of hydrogen-bond acceptors (Lipinski definition) is 4. The number of carbonyl (C=O) groups is 2. The average Bonchev–Trinajstić information content (AvgIpc) is 3.07. The van der Waals surface area contributed by atoms with E-state index in [1.807, 2.05) is 11.9 Å². The second-order valence-corrected chi connectivity index (χ2v) is 11.3. The van der Waals surface area contributed by atoms with Crippen molar-refractivity contribution in [2.75, 3.05) is 60.4 Å². The number of amides is 3. The Kier molecular flexibility index (Phi) is 8.06. The fourth-order valence-corrected chi connectivity index (χ4v) is 6.28.